The molecule has 1 aliphatic heterocycles. The number of piperidine rings is 1. The number of H-pyrrole nitrogens is 1. The van der Waals surface area contributed by atoms with E-state index < -0.39 is 0 Å². The molecule has 2 N–H and O–H groups in total. The lowest BCUT2D eigenvalue weighted by molar-refractivity contribution is 0.186. The highest BCUT2D eigenvalue weighted by atomic mass is 35.5. The summed E-state index contributed by atoms with van der Waals surface area (Å²) in [6.45, 7) is 4.24. The van der Waals surface area contributed by atoms with Crippen LogP contribution in [0, 0.1) is 5.41 Å². The quantitative estimate of drug-likeness (QED) is 0.878. The van der Waals surface area contributed by atoms with Gasteiger partial charge < -0.3 is 5.32 Å². The number of aromatic nitrogens is 3. The van der Waals surface area contributed by atoms with Crippen LogP contribution >= 0.6 is 23.7 Å². The molecule has 1 saturated heterocycles. The summed E-state index contributed by atoms with van der Waals surface area (Å²) in [5.74, 6) is 0. The zero-order valence-corrected chi connectivity index (χ0v) is 14.1. The van der Waals surface area contributed by atoms with Crippen molar-refractivity contribution in [3.05, 3.63) is 34.5 Å². The van der Waals surface area contributed by atoms with E-state index in [1.165, 1.54) is 43.1 Å². The van der Waals surface area contributed by atoms with Gasteiger partial charge in [-0.2, -0.15) is 5.10 Å². The van der Waals surface area contributed by atoms with Crippen LogP contribution in [-0.2, 0) is 13.1 Å². The van der Waals surface area contributed by atoms with Crippen LogP contribution < -0.4 is 5.32 Å². The molecule has 2 aliphatic rings. The van der Waals surface area contributed by atoms with Crippen molar-refractivity contribution in [2.45, 2.75) is 38.4 Å². The van der Waals surface area contributed by atoms with Crippen LogP contribution in [0.5, 0.6) is 0 Å². The van der Waals surface area contributed by atoms with Crippen LogP contribution in [0.4, 0.5) is 0 Å². The largest absolute Gasteiger partial charge is 0.317 e. The van der Waals surface area contributed by atoms with Gasteiger partial charge in [0.1, 0.15) is 5.01 Å². The average molecular weight is 340 g/mol. The van der Waals surface area contributed by atoms with Gasteiger partial charge in [-0.25, -0.2) is 4.98 Å². The third-order valence-corrected chi connectivity index (χ3v) is 5.70. The molecule has 0 bridgehead atoms. The third kappa shape index (κ3) is 3.20. The minimum atomic E-state index is 0. The van der Waals surface area contributed by atoms with Crippen LogP contribution in [0.2, 0.25) is 0 Å². The molecule has 7 heteroatoms. The molecule has 0 amide bonds. The van der Waals surface area contributed by atoms with Gasteiger partial charge in [0, 0.05) is 36.1 Å². The molecular formula is C15H22ClN5S. The summed E-state index contributed by atoms with van der Waals surface area (Å²) in [5.41, 5.74) is 1.75. The lowest BCUT2D eigenvalue weighted by Crippen LogP contribution is -2.35. The first-order valence-corrected chi connectivity index (χ1v) is 8.55. The molecule has 120 valence electrons. The maximum atomic E-state index is 4.47. The molecule has 2 fully saturated rings. The SMILES string of the molecule is Cl.c1cc(CN(Cc2nccs2)C2CC23CCNCC3)[nH]n1. The van der Waals surface area contributed by atoms with Gasteiger partial charge in [0.2, 0.25) is 0 Å². The molecule has 1 aliphatic carbocycles. The Morgan fingerprint density at radius 1 is 1.27 bits per heavy atom. The zero-order valence-electron chi connectivity index (χ0n) is 12.5. The number of nitrogens with zero attached hydrogens (tertiary/aromatic N) is 3. The fourth-order valence-electron chi connectivity index (χ4n) is 3.68. The van der Waals surface area contributed by atoms with Crippen LogP contribution in [0.15, 0.2) is 23.8 Å². The maximum Gasteiger partial charge on any atom is 0.107 e. The van der Waals surface area contributed by atoms with Crippen LogP contribution in [0.1, 0.15) is 30.0 Å². The molecule has 2 aromatic heterocycles. The van der Waals surface area contributed by atoms with E-state index in [0.29, 0.717) is 11.5 Å². The minimum absolute atomic E-state index is 0. The van der Waals surface area contributed by atoms with Crippen molar-refractivity contribution >= 4 is 23.7 Å². The van der Waals surface area contributed by atoms with Crippen molar-refractivity contribution in [2.75, 3.05) is 13.1 Å². The molecule has 2 aromatic rings. The lowest BCUT2D eigenvalue weighted by Gasteiger charge is -2.28. The number of aromatic amines is 1. The van der Waals surface area contributed by atoms with Gasteiger partial charge in [0.15, 0.2) is 0 Å². The molecule has 5 nitrogen and oxygen atoms in total. The Morgan fingerprint density at radius 2 is 2.14 bits per heavy atom. The summed E-state index contributed by atoms with van der Waals surface area (Å²) in [6, 6.07) is 2.78. The average Bonchev–Trinajstić information content (AvgIpc) is 2.96. The molecule has 0 radical (unpaired) electrons. The highest BCUT2D eigenvalue weighted by molar-refractivity contribution is 7.09. The Morgan fingerprint density at radius 3 is 2.82 bits per heavy atom. The number of nitrogens with one attached hydrogen (secondary N) is 2. The van der Waals surface area contributed by atoms with Gasteiger partial charge in [-0.05, 0) is 43.8 Å². The predicted octanol–water partition coefficient (Wildman–Crippen LogP) is 2.43. The van der Waals surface area contributed by atoms with E-state index in [1.54, 1.807) is 11.3 Å². The van der Waals surface area contributed by atoms with Crippen molar-refractivity contribution in [1.82, 2.24) is 25.4 Å². The smallest absolute Gasteiger partial charge is 0.107 e. The van der Waals surface area contributed by atoms with Crippen LogP contribution in [0.3, 0.4) is 0 Å². The highest BCUT2D eigenvalue weighted by Crippen LogP contribution is 2.56. The highest BCUT2D eigenvalue weighted by Gasteiger charge is 2.56. The van der Waals surface area contributed by atoms with E-state index in [1.807, 2.05) is 12.4 Å². The number of hydrogen-bond acceptors (Lipinski definition) is 5. The second-order valence-electron chi connectivity index (χ2n) is 6.24. The molecular weight excluding hydrogens is 318 g/mol. The maximum absolute atomic E-state index is 4.47. The number of thiazole rings is 1. The summed E-state index contributed by atoms with van der Waals surface area (Å²) in [4.78, 5) is 7.06. The van der Waals surface area contributed by atoms with Crippen molar-refractivity contribution in [3.8, 4) is 0 Å². The fourth-order valence-corrected chi connectivity index (χ4v) is 4.32. The van der Waals surface area contributed by atoms with Gasteiger partial charge in [-0.1, -0.05) is 0 Å². The summed E-state index contributed by atoms with van der Waals surface area (Å²) in [5, 5.41) is 13.9. The first kappa shape index (κ1) is 15.9. The monoisotopic (exact) mass is 339 g/mol. The molecule has 22 heavy (non-hydrogen) atoms. The molecule has 4 rings (SSSR count). The molecule has 0 aromatic carbocycles. The first-order chi connectivity index (χ1) is 10.4. The lowest BCUT2D eigenvalue weighted by atomic mass is 9.93. The Labute approximate surface area is 140 Å². The normalized spacial score (nSPS) is 22.7. The second kappa shape index (κ2) is 6.66. The van der Waals surface area contributed by atoms with E-state index in [2.05, 4.69) is 36.8 Å². The molecule has 1 unspecified atom stereocenters. The van der Waals surface area contributed by atoms with Crippen LogP contribution in [0.25, 0.3) is 0 Å². The second-order valence-corrected chi connectivity index (χ2v) is 7.22. The van der Waals surface area contributed by atoms with E-state index >= 15 is 0 Å². The number of rotatable bonds is 5. The predicted molar refractivity (Wildman–Crippen MR) is 90.1 cm³/mol. The van der Waals surface area contributed by atoms with Gasteiger partial charge in [-0.15, -0.1) is 23.7 Å². The van der Waals surface area contributed by atoms with E-state index in [9.17, 15) is 0 Å². The Hall–Kier alpha value is -0.950. The fraction of sp³-hybridized carbons (Fsp3) is 0.600. The summed E-state index contributed by atoms with van der Waals surface area (Å²) in [6.07, 6.45) is 7.71. The van der Waals surface area contributed by atoms with Crippen molar-refractivity contribution in [1.29, 1.82) is 0 Å². The van der Waals surface area contributed by atoms with E-state index in [-0.39, 0.29) is 12.4 Å². The molecule has 1 saturated carbocycles. The van der Waals surface area contributed by atoms with Gasteiger partial charge in [-0.3, -0.25) is 10.00 Å². The summed E-state index contributed by atoms with van der Waals surface area (Å²) in [7, 11) is 0. The molecule has 1 spiro atoms. The molecule has 1 atom stereocenters. The van der Waals surface area contributed by atoms with E-state index in [4.69, 9.17) is 0 Å². The van der Waals surface area contributed by atoms with Crippen LogP contribution in [-0.4, -0.2) is 39.2 Å². The van der Waals surface area contributed by atoms with Gasteiger partial charge >= 0.3 is 0 Å². The standard InChI is InChI=1S/C15H21N5S.ClH/c1-4-18-19-12(1)10-20(11-14-17-7-8-21-14)13-9-15(13)2-5-16-6-3-15;/h1,4,7-8,13,16H,2-3,5-6,9-11H2,(H,18,19);1H. The Bertz CT molecular complexity index is 529. The Balaban J connectivity index is 0.00000144. The Kier molecular flexibility index (Phi) is 4.82. The van der Waals surface area contributed by atoms with Gasteiger partial charge in [0.05, 0.1) is 6.54 Å². The van der Waals surface area contributed by atoms with E-state index in [0.717, 1.165) is 13.1 Å². The number of hydrogen-bond donors (Lipinski definition) is 2. The van der Waals surface area contributed by atoms with Crippen molar-refractivity contribution < 1.29 is 0 Å². The van der Waals surface area contributed by atoms with Gasteiger partial charge in [0.25, 0.3) is 0 Å². The summed E-state index contributed by atoms with van der Waals surface area (Å²) >= 11 is 1.75. The zero-order chi connectivity index (χ0) is 14.1. The first-order valence-electron chi connectivity index (χ1n) is 7.67. The van der Waals surface area contributed by atoms with Crippen molar-refractivity contribution in [2.24, 2.45) is 5.41 Å². The summed E-state index contributed by atoms with van der Waals surface area (Å²) < 4.78 is 0. The topological polar surface area (TPSA) is 56.8 Å². The van der Waals surface area contributed by atoms with Crippen molar-refractivity contribution in [3.63, 3.8) is 0 Å². The minimum Gasteiger partial charge on any atom is -0.317 e. The number of halogens is 1. The third-order valence-electron chi connectivity index (χ3n) is 4.94. The molecule has 3 heterocycles.